The Labute approximate surface area is 138 Å². The monoisotopic (exact) mass is 366 g/mol. The quantitative estimate of drug-likeness (QED) is 0.508. The molecule has 0 aliphatic carbocycles. The highest BCUT2D eigenvalue weighted by Crippen LogP contribution is 2.31. The third-order valence-electron chi connectivity index (χ3n) is 3.08. The Bertz CT molecular complexity index is 657. The van der Waals surface area contributed by atoms with Crippen LogP contribution in [0.25, 0.3) is 0 Å². The second-order valence-electron chi connectivity index (χ2n) is 5.79. The van der Waals surface area contributed by atoms with E-state index in [1.54, 1.807) is 30.3 Å². The van der Waals surface area contributed by atoms with Crippen molar-refractivity contribution in [3.8, 4) is 5.75 Å². The van der Waals surface area contributed by atoms with Gasteiger partial charge in [-0.2, -0.15) is 0 Å². The van der Waals surface area contributed by atoms with E-state index < -0.39 is 5.97 Å². The number of rotatable bonds is 2. The summed E-state index contributed by atoms with van der Waals surface area (Å²) in [5.41, 5.74) is 1.67. The minimum atomic E-state index is -0.407. The van der Waals surface area contributed by atoms with E-state index in [2.05, 4.69) is 36.7 Å². The van der Waals surface area contributed by atoms with Crippen LogP contribution in [-0.4, -0.2) is 5.97 Å². The van der Waals surface area contributed by atoms with Crippen molar-refractivity contribution in [2.45, 2.75) is 26.2 Å². The molecule has 0 radical (unpaired) electrons. The van der Waals surface area contributed by atoms with E-state index in [4.69, 9.17) is 16.3 Å². The highest BCUT2D eigenvalue weighted by molar-refractivity contribution is 9.10. The van der Waals surface area contributed by atoms with Gasteiger partial charge in [0.25, 0.3) is 0 Å². The zero-order valence-corrected chi connectivity index (χ0v) is 14.5. The van der Waals surface area contributed by atoms with E-state index in [1.165, 1.54) is 5.56 Å². The summed E-state index contributed by atoms with van der Waals surface area (Å²) >= 11 is 9.26. The molecular formula is C17H16BrClO2. The minimum Gasteiger partial charge on any atom is -0.422 e. The maximum Gasteiger partial charge on any atom is 0.343 e. The van der Waals surface area contributed by atoms with Crippen molar-refractivity contribution in [1.82, 2.24) is 0 Å². The second-order valence-corrected chi connectivity index (χ2v) is 7.08. The number of carbonyl (C=O) groups is 1. The molecule has 0 saturated carbocycles. The summed E-state index contributed by atoms with van der Waals surface area (Å²) in [6, 6.07) is 12.4. The van der Waals surface area contributed by atoms with Crippen LogP contribution in [0.15, 0.2) is 46.9 Å². The van der Waals surface area contributed by atoms with Crippen molar-refractivity contribution in [2.24, 2.45) is 0 Å². The first-order chi connectivity index (χ1) is 9.77. The van der Waals surface area contributed by atoms with Gasteiger partial charge in [-0.1, -0.05) is 38.4 Å². The van der Waals surface area contributed by atoms with E-state index in [1.807, 2.05) is 12.1 Å². The van der Waals surface area contributed by atoms with Crippen molar-refractivity contribution in [3.63, 3.8) is 0 Å². The van der Waals surface area contributed by atoms with Gasteiger partial charge < -0.3 is 4.74 Å². The lowest BCUT2D eigenvalue weighted by molar-refractivity contribution is 0.0733. The summed E-state index contributed by atoms with van der Waals surface area (Å²) in [5, 5.41) is 0.585. The van der Waals surface area contributed by atoms with E-state index in [-0.39, 0.29) is 5.41 Å². The molecule has 0 unspecified atom stereocenters. The summed E-state index contributed by atoms with van der Waals surface area (Å²) in [6.07, 6.45) is 0. The fourth-order valence-corrected chi connectivity index (χ4v) is 2.38. The predicted octanol–water partition coefficient (Wildman–Crippen LogP) is 5.62. The molecule has 0 aromatic heterocycles. The van der Waals surface area contributed by atoms with Gasteiger partial charge >= 0.3 is 5.97 Å². The van der Waals surface area contributed by atoms with Crippen molar-refractivity contribution < 1.29 is 9.53 Å². The van der Waals surface area contributed by atoms with Crippen LogP contribution in [0.3, 0.4) is 0 Å². The van der Waals surface area contributed by atoms with Gasteiger partial charge in [0.05, 0.1) is 10.0 Å². The number of carbonyl (C=O) groups excluding carboxylic acids is 1. The summed E-state index contributed by atoms with van der Waals surface area (Å²) in [7, 11) is 0. The first kappa shape index (κ1) is 16.1. The molecule has 2 aromatic rings. The van der Waals surface area contributed by atoms with Gasteiger partial charge in [-0.05, 0) is 63.3 Å². The molecule has 0 bridgehead atoms. The Hall–Kier alpha value is -1.32. The van der Waals surface area contributed by atoms with Gasteiger partial charge in [0.1, 0.15) is 5.75 Å². The lowest BCUT2D eigenvalue weighted by atomic mass is 9.87. The molecule has 0 N–H and O–H groups in total. The Morgan fingerprint density at radius 2 is 1.71 bits per heavy atom. The van der Waals surface area contributed by atoms with Gasteiger partial charge in [0.2, 0.25) is 0 Å². The molecule has 2 rings (SSSR count). The van der Waals surface area contributed by atoms with Crippen LogP contribution >= 0.6 is 27.5 Å². The van der Waals surface area contributed by atoms with Crippen LogP contribution in [0.4, 0.5) is 0 Å². The molecule has 0 aliphatic heterocycles. The minimum absolute atomic E-state index is 0.0429. The van der Waals surface area contributed by atoms with E-state index in [9.17, 15) is 4.79 Å². The Morgan fingerprint density at radius 3 is 2.24 bits per heavy atom. The maximum absolute atomic E-state index is 12.1. The Balaban J connectivity index is 2.20. The average Bonchev–Trinajstić information content (AvgIpc) is 2.40. The van der Waals surface area contributed by atoms with Crippen LogP contribution < -0.4 is 4.74 Å². The zero-order valence-electron chi connectivity index (χ0n) is 12.1. The predicted molar refractivity (Wildman–Crippen MR) is 89.3 cm³/mol. The number of benzene rings is 2. The SMILES string of the molecule is CC(C)(C)c1ccc(OC(=O)c2ccc(Cl)cc2)c(Br)c1. The van der Waals surface area contributed by atoms with Gasteiger partial charge in [-0.25, -0.2) is 4.79 Å². The molecule has 0 atom stereocenters. The van der Waals surface area contributed by atoms with Crippen molar-refractivity contribution >= 4 is 33.5 Å². The fraction of sp³-hybridized carbons (Fsp3) is 0.235. The lowest BCUT2D eigenvalue weighted by Gasteiger charge is -2.20. The highest BCUT2D eigenvalue weighted by atomic mass is 79.9. The molecule has 0 spiro atoms. The van der Waals surface area contributed by atoms with E-state index in [0.29, 0.717) is 16.3 Å². The maximum atomic E-state index is 12.1. The van der Waals surface area contributed by atoms with Gasteiger partial charge in [0.15, 0.2) is 0 Å². The number of ether oxygens (including phenoxy) is 1. The zero-order chi connectivity index (χ0) is 15.6. The topological polar surface area (TPSA) is 26.3 Å². The molecule has 0 saturated heterocycles. The fourth-order valence-electron chi connectivity index (χ4n) is 1.79. The summed E-state index contributed by atoms with van der Waals surface area (Å²) in [5.74, 6) is 0.0961. The number of halogens is 2. The largest absolute Gasteiger partial charge is 0.422 e. The highest BCUT2D eigenvalue weighted by Gasteiger charge is 2.17. The third-order valence-corrected chi connectivity index (χ3v) is 3.95. The smallest absolute Gasteiger partial charge is 0.343 e. The third kappa shape index (κ3) is 4.08. The van der Waals surface area contributed by atoms with Crippen LogP contribution in [0, 0.1) is 0 Å². The Kier molecular flexibility index (Phi) is 4.74. The van der Waals surface area contributed by atoms with E-state index >= 15 is 0 Å². The molecular weight excluding hydrogens is 352 g/mol. The molecule has 2 aromatic carbocycles. The standard InChI is InChI=1S/C17H16BrClO2/c1-17(2,3)12-6-9-15(14(18)10-12)21-16(20)11-4-7-13(19)8-5-11/h4-10H,1-3H3. The van der Waals surface area contributed by atoms with Gasteiger partial charge in [-0.15, -0.1) is 0 Å². The van der Waals surface area contributed by atoms with E-state index in [0.717, 1.165) is 4.47 Å². The molecule has 4 heteroatoms. The first-order valence-corrected chi connectivity index (χ1v) is 7.72. The summed E-state index contributed by atoms with van der Waals surface area (Å²) in [4.78, 5) is 12.1. The molecule has 0 amide bonds. The van der Waals surface area contributed by atoms with Gasteiger partial charge in [0, 0.05) is 5.02 Å². The number of esters is 1. The summed E-state index contributed by atoms with van der Waals surface area (Å²) in [6.45, 7) is 6.40. The molecule has 21 heavy (non-hydrogen) atoms. The number of hydrogen-bond acceptors (Lipinski definition) is 2. The average molecular weight is 368 g/mol. The summed E-state index contributed by atoms with van der Waals surface area (Å²) < 4.78 is 6.17. The van der Waals surface area contributed by atoms with Crippen LogP contribution in [-0.2, 0) is 5.41 Å². The second kappa shape index (κ2) is 6.20. The van der Waals surface area contributed by atoms with Crippen molar-refractivity contribution in [3.05, 3.63) is 63.1 Å². The van der Waals surface area contributed by atoms with Crippen LogP contribution in [0.5, 0.6) is 5.75 Å². The molecule has 110 valence electrons. The molecule has 0 aliphatic rings. The molecule has 0 fully saturated rings. The molecule has 0 heterocycles. The van der Waals surface area contributed by atoms with Gasteiger partial charge in [-0.3, -0.25) is 0 Å². The van der Waals surface area contributed by atoms with Crippen LogP contribution in [0.1, 0.15) is 36.7 Å². The van der Waals surface area contributed by atoms with Crippen LogP contribution in [0.2, 0.25) is 5.02 Å². The lowest BCUT2D eigenvalue weighted by Crippen LogP contribution is -2.12. The first-order valence-electron chi connectivity index (χ1n) is 6.55. The normalized spacial score (nSPS) is 11.3. The van der Waals surface area contributed by atoms with Crippen molar-refractivity contribution in [1.29, 1.82) is 0 Å². The van der Waals surface area contributed by atoms with Crippen molar-refractivity contribution in [2.75, 3.05) is 0 Å². The molecule has 2 nitrogen and oxygen atoms in total. The Morgan fingerprint density at radius 1 is 1.10 bits per heavy atom. The number of hydrogen-bond donors (Lipinski definition) is 0.